The van der Waals surface area contributed by atoms with Crippen LogP contribution < -0.4 is 10.6 Å². The van der Waals surface area contributed by atoms with E-state index in [4.69, 9.17) is 0 Å². The van der Waals surface area contributed by atoms with Crippen molar-refractivity contribution in [2.24, 2.45) is 0 Å². The van der Waals surface area contributed by atoms with Crippen LogP contribution in [0.5, 0.6) is 0 Å². The third-order valence-corrected chi connectivity index (χ3v) is 2.42. The number of nitrogens with one attached hydrogen (secondary N) is 2. The maximum absolute atomic E-state index is 13.3. The highest BCUT2D eigenvalue weighted by molar-refractivity contribution is 5.93. The minimum atomic E-state index is -0.431. The van der Waals surface area contributed by atoms with Crippen LogP contribution in [0.1, 0.15) is 0 Å². The average molecular weight is 262 g/mol. The molecule has 19 heavy (non-hydrogen) atoms. The molecular formula is C14H12F2N2O. The number of benzene rings is 2. The third-order valence-electron chi connectivity index (χ3n) is 2.42. The van der Waals surface area contributed by atoms with E-state index in [9.17, 15) is 13.6 Å². The highest BCUT2D eigenvalue weighted by atomic mass is 19.1. The Labute approximate surface area is 109 Å². The van der Waals surface area contributed by atoms with Crippen LogP contribution in [0.2, 0.25) is 0 Å². The van der Waals surface area contributed by atoms with Crippen LogP contribution >= 0.6 is 0 Å². The topological polar surface area (TPSA) is 41.1 Å². The van der Waals surface area contributed by atoms with E-state index in [-0.39, 0.29) is 18.1 Å². The van der Waals surface area contributed by atoms with Gasteiger partial charge in [0.25, 0.3) is 0 Å². The van der Waals surface area contributed by atoms with E-state index in [1.807, 2.05) is 0 Å². The molecule has 3 nitrogen and oxygen atoms in total. The van der Waals surface area contributed by atoms with Gasteiger partial charge in [0.2, 0.25) is 5.91 Å². The Bertz CT molecular complexity index is 587. The molecule has 0 aliphatic heterocycles. The summed E-state index contributed by atoms with van der Waals surface area (Å²) in [5, 5.41) is 5.18. The van der Waals surface area contributed by atoms with Crippen molar-refractivity contribution in [3.8, 4) is 0 Å². The molecule has 0 bridgehead atoms. The first kappa shape index (κ1) is 13.0. The van der Waals surface area contributed by atoms with Gasteiger partial charge in [-0.05, 0) is 30.3 Å². The number of hydrogen-bond acceptors (Lipinski definition) is 2. The molecule has 98 valence electrons. The van der Waals surface area contributed by atoms with Crippen LogP contribution in [0.3, 0.4) is 0 Å². The predicted octanol–water partition coefficient (Wildman–Crippen LogP) is 3.02. The van der Waals surface area contributed by atoms with Crippen LogP contribution in [-0.4, -0.2) is 12.5 Å². The fourth-order valence-corrected chi connectivity index (χ4v) is 1.55. The van der Waals surface area contributed by atoms with Crippen molar-refractivity contribution in [1.29, 1.82) is 0 Å². The highest BCUT2D eigenvalue weighted by Gasteiger charge is 2.05. The lowest BCUT2D eigenvalue weighted by molar-refractivity contribution is -0.114. The molecule has 5 heteroatoms. The Hall–Kier alpha value is -2.43. The summed E-state index contributed by atoms with van der Waals surface area (Å²) in [4.78, 5) is 11.6. The molecule has 1 amide bonds. The van der Waals surface area contributed by atoms with Crippen molar-refractivity contribution in [3.05, 3.63) is 60.2 Å². The van der Waals surface area contributed by atoms with Crippen LogP contribution in [0.4, 0.5) is 20.2 Å². The summed E-state index contributed by atoms with van der Waals surface area (Å²) in [5.74, 6) is -1.24. The van der Waals surface area contributed by atoms with Crippen molar-refractivity contribution in [2.45, 2.75) is 0 Å². The molecule has 0 aliphatic carbocycles. The summed E-state index contributed by atoms with van der Waals surface area (Å²) in [6.07, 6.45) is 0. The molecule has 0 spiro atoms. The van der Waals surface area contributed by atoms with E-state index in [2.05, 4.69) is 10.6 Å². The number of amides is 1. The van der Waals surface area contributed by atoms with Crippen molar-refractivity contribution >= 4 is 17.3 Å². The minimum absolute atomic E-state index is 0.0998. The highest BCUT2D eigenvalue weighted by Crippen LogP contribution is 2.12. The lowest BCUT2D eigenvalue weighted by atomic mass is 10.3. The predicted molar refractivity (Wildman–Crippen MR) is 69.9 cm³/mol. The summed E-state index contributed by atoms with van der Waals surface area (Å²) >= 11 is 0. The lowest BCUT2D eigenvalue weighted by Crippen LogP contribution is -2.22. The number of anilines is 2. The first-order valence-electron chi connectivity index (χ1n) is 5.69. The fourth-order valence-electron chi connectivity index (χ4n) is 1.55. The summed E-state index contributed by atoms with van der Waals surface area (Å²) in [5.41, 5.74) is 0.609. The summed E-state index contributed by atoms with van der Waals surface area (Å²) in [6.45, 7) is -0.0998. The van der Waals surface area contributed by atoms with Gasteiger partial charge >= 0.3 is 0 Å². The molecule has 0 fully saturated rings. The van der Waals surface area contributed by atoms with Crippen molar-refractivity contribution in [3.63, 3.8) is 0 Å². The standard InChI is InChI=1S/C14H12F2N2O/c15-10-4-3-5-11(8-10)18-14(19)9-17-13-7-2-1-6-12(13)16/h1-8,17H,9H2,(H,18,19). The maximum atomic E-state index is 13.3. The smallest absolute Gasteiger partial charge is 0.243 e. The number of carbonyl (C=O) groups is 1. The van der Waals surface area contributed by atoms with Gasteiger partial charge in [0.15, 0.2) is 0 Å². The second-order valence-corrected chi connectivity index (χ2v) is 3.89. The Kier molecular flexibility index (Phi) is 4.07. The number of carbonyl (C=O) groups excluding carboxylic acids is 1. The molecule has 0 saturated carbocycles. The fraction of sp³-hybridized carbons (Fsp3) is 0.0714. The van der Waals surface area contributed by atoms with Gasteiger partial charge in [0.05, 0.1) is 12.2 Å². The first-order valence-corrected chi connectivity index (χ1v) is 5.69. The maximum Gasteiger partial charge on any atom is 0.243 e. The van der Waals surface area contributed by atoms with E-state index in [1.54, 1.807) is 18.2 Å². The Morgan fingerprint density at radius 1 is 1.05 bits per heavy atom. The van der Waals surface area contributed by atoms with Gasteiger partial charge < -0.3 is 10.6 Å². The van der Waals surface area contributed by atoms with E-state index in [0.29, 0.717) is 5.69 Å². The van der Waals surface area contributed by atoms with Gasteiger partial charge in [-0.15, -0.1) is 0 Å². The van der Waals surface area contributed by atoms with Crippen LogP contribution in [0.25, 0.3) is 0 Å². The molecule has 0 unspecified atom stereocenters. The summed E-state index contributed by atoms with van der Waals surface area (Å²) in [6, 6.07) is 11.6. The zero-order chi connectivity index (χ0) is 13.7. The van der Waals surface area contributed by atoms with E-state index in [0.717, 1.165) is 0 Å². The van der Waals surface area contributed by atoms with Crippen molar-refractivity contribution in [1.82, 2.24) is 0 Å². The number of hydrogen-bond donors (Lipinski definition) is 2. The average Bonchev–Trinajstić information content (AvgIpc) is 2.38. The minimum Gasteiger partial charge on any atom is -0.374 e. The largest absolute Gasteiger partial charge is 0.374 e. The van der Waals surface area contributed by atoms with Crippen molar-refractivity contribution in [2.75, 3.05) is 17.2 Å². The molecule has 0 radical (unpaired) electrons. The molecule has 0 heterocycles. The molecule has 0 saturated heterocycles. The molecule has 2 N–H and O–H groups in total. The molecule has 0 atom stereocenters. The van der Waals surface area contributed by atoms with E-state index >= 15 is 0 Å². The van der Waals surface area contributed by atoms with Crippen LogP contribution in [0, 0.1) is 11.6 Å². The monoisotopic (exact) mass is 262 g/mol. The third kappa shape index (κ3) is 3.77. The second kappa shape index (κ2) is 5.95. The summed E-state index contributed by atoms with van der Waals surface area (Å²) in [7, 11) is 0. The molecule has 2 rings (SSSR count). The first-order chi connectivity index (χ1) is 9.15. The zero-order valence-corrected chi connectivity index (χ0v) is 9.99. The zero-order valence-electron chi connectivity index (χ0n) is 9.99. The van der Waals surface area contributed by atoms with Crippen LogP contribution in [-0.2, 0) is 4.79 Å². The Balaban J connectivity index is 1.90. The Morgan fingerprint density at radius 2 is 1.84 bits per heavy atom. The van der Waals surface area contributed by atoms with Gasteiger partial charge in [-0.1, -0.05) is 18.2 Å². The molecule has 2 aromatic carbocycles. The SMILES string of the molecule is O=C(CNc1ccccc1F)Nc1cccc(F)c1. The number of para-hydroxylation sites is 1. The van der Waals surface area contributed by atoms with Gasteiger partial charge in [-0.3, -0.25) is 4.79 Å². The Morgan fingerprint density at radius 3 is 2.58 bits per heavy atom. The van der Waals surface area contributed by atoms with Gasteiger partial charge in [-0.25, -0.2) is 8.78 Å². The van der Waals surface area contributed by atoms with Gasteiger partial charge in [-0.2, -0.15) is 0 Å². The van der Waals surface area contributed by atoms with E-state index in [1.165, 1.54) is 30.3 Å². The molecular weight excluding hydrogens is 250 g/mol. The normalized spacial score (nSPS) is 10.0. The molecule has 2 aromatic rings. The quantitative estimate of drug-likeness (QED) is 0.889. The number of halogens is 2. The molecule has 0 aromatic heterocycles. The molecule has 0 aliphatic rings. The second-order valence-electron chi connectivity index (χ2n) is 3.89. The number of rotatable bonds is 4. The van der Waals surface area contributed by atoms with Crippen molar-refractivity contribution < 1.29 is 13.6 Å². The van der Waals surface area contributed by atoms with Crippen LogP contribution in [0.15, 0.2) is 48.5 Å². The van der Waals surface area contributed by atoms with Gasteiger partial charge in [0, 0.05) is 5.69 Å². The lowest BCUT2D eigenvalue weighted by Gasteiger charge is -2.08. The van der Waals surface area contributed by atoms with E-state index < -0.39 is 11.6 Å². The van der Waals surface area contributed by atoms with Gasteiger partial charge in [0.1, 0.15) is 11.6 Å². The summed E-state index contributed by atoms with van der Waals surface area (Å²) < 4.78 is 26.2.